The number of H-pyrrole nitrogens is 1. The first-order chi connectivity index (χ1) is 7.61. The number of aromatic nitrogens is 2. The molecule has 0 aromatic carbocycles. The summed E-state index contributed by atoms with van der Waals surface area (Å²) in [5.41, 5.74) is 7.28. The van der Waals surface area contributed by atoms with Gasteiger partial charge in [-0.05, 0) is 23.7 Å². The van der Waals surface area contributed by atoms with Gasteiger partial charge in [0.1, 0.15) is 11.5 Å². The third-order valence-electron chi connectivity index (χ3n) is 2.35. The second-order valence-corrected chi connectivity index (χ2v) is 4.28. The molecule has 0 saturated carbocycles. The van der Waals surface area contributed by atoms with Crippen molar-refractivity contribution in [1.29, 1.82) is 0 Å². The van der Waals surface area contributed by atoms with Gasteiger partial charge in [0.05, 0.1) is 5.69 Å². The minimum Gasteiger partial charge on any atom is -0.443 e. The maximum absolute atomic E-state index is 5.74. The highest BCUT2D eigenvalue weighted by Crippen LogP contribution is 2.27. The molecule has 2 rings (SSSR count). The first-order valence-corrected chi connectivity index (χ1v) is 5.54. The van der Waals surface area contributed by atoms with Crippen LogP contribution in [0.25, 0.3) is 11.5 Å². The number of aromatic amines is 1. The number of nitrogens with zero attached hydrogens (tertiary/aromatic N) is 1. The van der Waals surface area contributed by atoms with Gasteiger partial charge in [0.2, 0.25) is 0 Å². The molecule has 0 aliphatic carbocycles. The molecule has 0 spiro atoms. The van der Waals surface area contributed by atoms with Gasteiger partial charge in [-0.1, -0.05) is 13.8 Å². The Kier molecular flexibility index (Phi) is 3.03. The fourth-order valence-corrected chi connectivity index (χ4v) is 1.64. The standard InChI is InChI=1S/C11H14ClN3O/c1-6(2)11-14-7(5-13)10(15-11)8-3-4-9(12)16-8/h3-4,6H,5,13H2,1-2H3,(H,14,15). The van der Waals surface area contributed by atoms with Gasteiger partial charge in [0.25, 0.3) is 0 Å². The van der Waals surface area contributed by atoms with E-state index in [1.54, 1.807) is 12.1 Å². The van der Waals surface area contributed by atoms with E-state index in [1.807, 2.05) is 0 Å². The Bertz CT molecular complexity index is 487. The molecule has 0 aliphatic rings. The highest BCUT2D eigenvalue weighted by Gasteiger charge is 2.15. The van der Waals surface area contributed by atoms with Gasteiger partial charge < -0.3 is 15.1 Å². The summed E-state index contributed by atoms with van der Waals surface area (Å²) in [6.45, 7) is 4.53. The van der Waals surface area contributed by atoms with Crippen LogP contribution in [0.4, 0.5) is 0 Å². The average molecular weight is 240 g/mol. The first-order valence-electron chi connectivity index (χ1n) is 5.16. The Labute approximate surface area is 98.8 Å². The second kappa shape index (κ2) is 4.31. The number of hydrogen-bond acceptors (Lipinski definition) is 3. The van der Waals surface area contributed by atoms with Crippen molar-refractivity contribution in [1.82, 2.24) is 9.97 Å². The second-order valence-electron chi connectivity index (χ2n) is 3.91. The molecule has 2 aromatic rings. The lowest BCUT2D eigenvalue weighted by Gasteiger charge is -1.96. The van der Waals surface area contributed by atoms with Gasteiger partial charge in [-0.3, -0.25) is 0 Å². The van der Waals surface area contributed by atoms with Gasteiger partial charge in [-0.15, -0.1) is 0 Å². The van der Waals surface area contributed by atoms with Gasteiger partial charge >= 0.3 is 0 Å². The normalized spacial score (nSPS) is 11.3. The Morgan fingerprint density at radius 3 is 2.75 bits per heavy atom. The van der Waals surface area contributed by atoms with Crippen LogP contribution in [0, 0.1) is 0 Å². The minimum absolute atomic E-state index is 0.324. The van der Waals surface area contributed by atoms with E-state index in [9.17, 15) is 0 Å². The lowest BCUT2D eigenvalue weighted by atomic mass is 10.2. The highest BCUT2D eigenvalue weighted by atomic mass is 35.5. The Balaban J connectivity index is 2.47. The van der Waals surface area contributed by atoms with Crippen LogP contribution in [0.15, 0.2) is 16.5 Å². The van der Waals surface area contributed by atoms with Crippen molar-refractivity contribution in [2.45, 2.75) is 26.3 Å². The Morgan fingerprint density at radius 2 is 2.25 bits per heavy atom. The third-order valence-corrected chi connectivity index (χ3v) is 2.56. The number of halogens is 1. The smallest absolute Gasteiger partial charge is 0.194 e. The number of furan rings is 1. The maximum atomic E-state index is 5.74. The number of nitrogens with one attached hydrogen (secondary N) is 1. The van der Waals surface area contributed by atoms with Crippen LogP contribution in [0.2, 0.25) is 5.22 Å². The van der Waals surface area contributed by atoms with E-state index in [2.05, 4.69) is 23.8 Å². The van der Waals surface area contributed by atoms with Crippen molar-refractivity contribution in [3.8, 4) is 11.5 Å². The summed E-state index contributed by atoms with van der Waals surface area (Å²) in [6.07, 6.45) is 0. The number of rotatable bonds is 3. The molecular weight excluding hydrogens is 226 g/mol. The van der Waals surface area contributed by atoms with E-state index in [4.69, 9.17) is 21.8 Å². The zero-order valence-corrected chi connectivity index (χ0v) is 10.0. The van der Waals surface area contributed by atoms with E-state index in [0.717, 1.165) is 17.2 Å². The fraction of sp³-hybridized carbons (Fsp3) is 0.364. The van der Waals surface area contributed by atoms with E-state index in [0.29, 0.717) is 23.4 Å². The Hall–Kier alpha value is -1.26. The van der Waals surface area contributed by atoms with E-state index < -0.39 is 0 Å². The summed E-state index contributed by atoms with van der Waals surface area (Å²) >= 11 is 5.74. The quantitative estimate of drug-likeness (QED) is 0.865. The number of imidazole rings is 1. The van der Waals surface area contributed by atoms with E-state index in [1.165, 1.54) is 0 Å². The molecular formula is C11H14ClN3O. The molecule has 86 valence electrons. The van der Waals surface area contributed by atoms with Gasteiger partial charge in [0, 0.05) is 12.5 Å². The largest absolute Gasteiger partial charge is 0.443 e. The van der Waals surface area contributed by atoms with Gasteiger partial charge in [0.15, 0.2) is 11.0 Å². The molecule has 5 heteroatoms. The van der Waals surface area contributed by atoms with E-state index in [-0.39, 0.29) is 0 Å². The zero-order chi connectivity index (χ0) is 11.7. The topological polar surface area (TPSA) is 67.8 Å². The summed E-state index contributed by atoms with van der Waals surface area (Å²) in [5, 5.41) is 0.354. The minimum atomic E-state index is 0.324. The highest BCUT2D eigenvalue weighted by molar-refractivity contribution is 6.28. The van der Waals surface area contributed by atoms with Crippen LogP contribution in [0.3, 0.4) is 0 Å². The monoisotopic (exact) mass is 239 g/mol. The summed E-state index contributed by atoms with van der Waals surface area (Å²) in [7, 11) is 0. The summed E-state index contributed by atoms with van der Waals surface area (Å²) < 4.78 is 5.33. The molecule has 0 atom stereocenters. The maximum Gasteiger partial charge on any atom is 0.194 e. The first kappa shape index (κ1) is 11.2. The lowest BCUT2D eigenvalue weighted by molar-refractivity contribution is 0.581. The van der Waals surface area contributed by atoms with Crippen molar-refractivity contribution >= 4 is 11.6 Å². The number of nitrogens with two attached hydrogens (primary N) is 1. The average Bonchev–Trinajstić information content (AvgIpc) is 2.82. The SMILES string of the molecule is CC(C)c1nc(-c2ccc(Cl)o2)c(CN)[nH]1. The van der Waals surface area contributed by atoms with Crippen LogP contribution >= 0.6 is 11.6 Å². The molecule has 0 fully saturated rings. The van der Waals surface area contributed by atoms with Crippen molar-refractivity contribution in [3.63, 3.8) is 0 Å². The molecule has 3 N–H and O–H groups in total. The summed E-state index contributed by atoms with van der Waals surface area (Å²) in [5.74, 6) is 1.88. The van der Waals surface area contributed by atoms with Crippen LogP contribution in [-0.2, 0) is 6.54 Å². The van der Waals surface area contributed by atoms with Crippen LogP contribution < -0.4 is 5.73 Å². The van der Waals surface area contributed by atoms with Crippen LogP contribution in [-0.4, -0.2) is 9.97 Å². The predicted octanol–water partition coefficient (Wildman–Crippen LogP) is 2.91. The van der Waals surface area contributed by atoms with Crippen molar-refractivity contribution in [2.24, 2.45) is 5.73 Å². The van der Waals surface area contributed by atoms with Crippen molar-refractivity contribution in [2.75, 3.05) is 0 Å². The molecule has 0 amide bonds. The third kappa shape index (κ3) is 1.99. The number of hydrogen-bond donors (Lipinski definition) is 2. The lowest BCUT2D eigenvalue weighted by Crippen LogP contribution is -1.98. The van der Waals surface area contributed by atoms with Gasteiger partial charge in [-0.25, -0.2) is 4.98 Å². The van der Waals surface area contributed by atoms with Crippen LogP contribution in [0.1, 0.15) is 31.3 Å². The molecule has 16 heavy (non-hydrogen) atoms. The molecule has 4 nitrogen and oxygen atoms in total. The molecule has 0 bridgehead atoms. The van der Waals surface area contributed by atoms with Gasteiger partial charge in [-0.2, -0.15) is 0 Å². The Morgan fingerprint density at radius 1 is 1.50 bits per heavy atom. The summed E-state index contributed by atoms with van der Waals surface area (Å²) in [4.78, 5) is 7.68. The molecule has 0 aliphatic heterocycles. The van der Waals surface area contributed by atoms with Crippen molar-refractivity contribution < 1.29 is 4.42 Å². The van der Waals surface area contributed by atoms with Crippen LogP contribution in [0.5, 0.6) is 0 Å². The fourth-order valence-electron chi connectivity index (χ4n) is 1.50. The molecule has 2 heterocycles. The van der Waals surface area contributed by atoms with Crippen molar-refractivity contribution in [3.05, 3.63) is 28.9 Å². The molecule has 0 unspecified atom stereocenters. The molecule has 0 saturated heterocycles. The predicted molar refractivity (Wildman–Crippen MR) is 63.3 cm³/mol. The molecule has 0 radical (unpaired) electrons. The molecule has 2 aromatic heterocycles. The van der Waals surface area contributed by atoms with E-state index >= 15 is 0 Å². The zero-order valence-electron chi connectivity index (χ0n) is 9.25. The summed E-state index contributed by atoms with van der Waals surface area (Å²) in [6, 6.07) is 3.49.